The van der Waals surface area contributed by atoms with Crippen LogP contribution in [0.3, 0.4) is 0 Å². The van der Waals surface area contributed by atoms with Gasteiger partial charge in [0, 0.05) is 46.8 Å². The maximum atomic E-state index is 16.2. The molecule has 4 heterocycles. The number of fused-ring (bicyclic) bond motifs is 2. The summed E-state index contributed by atoms with van der Waals surface area (Å²) in [6.07, 6.45) is 14.9. The molecule has 8 atom stereocenters. The van der Waals surface area contributed by atoms with E-state index in [1.807, 2.05) is 28.8 Å². The monoisotopic (exact) mass is 692 g/mol. The molecular formula is C39H57FN6O2S. The molecule has 1 spiro atoms. The molecule has 0 bridgehead atoms. The number of halogens is 1. The molecule has 0 aromatic heterocycles. The summed E-state index contributed by atoms with van der Waals surface area (Å²) in [6, 6.07) is 10.7. The first-order chi connectivity index (χ1) is 23.8. The highest BCUT2D eigenvalue weighted by molar-refractivity contribution is 8.00. The number of amides is 1. The van der Waals surface area contributed by atoms with Gasteiger partial charge in [0.2, 0.25) is 5.91 Å². The van der Waals surface area contributed by atoms with Crippen LogP contribution in [0.15, 0.2) is 41.8 Å². The summed E-state index contributed by atoms with van der Waals surface area (Å²) >= 11 is 1.95. The van der Waals surface area contributed by atoms with Gasteiger partial charge < -0.3 is 14.5 Å². The standard InChI is InChI=1S/C39H57FN6O2S/c1-3-35(47)46-23-22-45(25-29(46)18-20-41)36-32-17-19-38(24-33(40)31-15-9-10-16-34(31)49-38)27-39(32,28-12-7-5-4-6-8-13-28)43-37(42-36)48-26-30-14-11-21-44(30)2/h3,9-10,15-16,28-30,32-33,36-37,42-43H,1,4-8,11-14,17-19,21-27H2,2H3/t29?,30?,32?,33?,36?,37?,38-,39?/m0/s1. The lowest BCUT2D eigenvalue weighted by Crippen LogP contribution is -2.79. The molecule has 1 aromatic carbocycles. The fraction of sp³-hybridized carbons (Fsp3) is 0.744. The number of thioether (sulfide) groups is 1. The summed E-state index contributed by atoms with van der Waals surface area (Å²) in [5.41, 5.74) is 0.629. The number of ether oxygens (including phenoxy) is 1. The summed E-state index contributed by atoms with van der Waals surface area (Å²) < 4.78 is 22.9. The first kappa shape index (κ1) is 35.4. The topological polar surface area (TPSA) is 83.9 Å². The summed E-state index contributed by atoms with van der Waals surface area (Å²) in [5, 5.41) is 18.0. The number of carbonyl (C=O) groups is 1. The van der Waals surface area contributed by atoms with Gasteiger partial charge in [0.15, 0.2) is 6.35 Å². The molecule has 7 unspecified atom stereocenters. The highest BCUT2D eigenvalue weighted by Gasteiger charge is 2.61. The quantitative estimate of drug-likeness (QED) is 0.320. The molecule has 6 aliphatic rings. The zero-order valence-electron chi connectivity index (χ0n) is 29.5. The van der Waals surface area contributed by atoms with E-state index in [4.69, 9.17) is 4.74 Å². The molecule has 4 aliphatic heterocycles. The third-order valence-corrected chi connectivity index (χ3v) is 14.6. The van der Waals surface area contributed by atoms with E-state index in [-0.39, 0.29) is 40.7 Å². The summed E-state index contributed by atoms with van der Waals surface area (Å²) in [7, 11) is 2.20. The van der Waals surface area contributed by atoms with E-state index in [1.54, 1.807) is 0 Å². The number of nitriles is 1. The minimum Gasteiger partial charge on any atom is -0.348 e. The largest absolute Gasteiger partial charge is 0.348 e. The maximum absolute atomic E-state index is 16.2. The first-order valence-electron chi connectivity index (χ1n) is 19.2. The normalized spacial score (nSPS) is 37.9. The van der Waals surface area contributed by atoms with Crippen molar-refractivity contribution in [2.24, 2.45) is 11.8 Å². The number of hydrogen-bond donors (Lipinski definition) is 2. The molecule has 3 saturated heterocycles. The smallest absolute Gasteiger partial charge is 0.246 e. The van der Waals surface area contributed by atoms with Crippen LogP contribution in [-0.4, -0.2) is 95.3 Å². The van der Waals surface area contributed by atoms with E-state index in [1.165, 1.54) is 57.4 Å². The molecule has 1 aromatic rings. The second-order valence-corrected chi connectivity index (χ2v) is 17.4. The molecule has 49 heavy (non-hydrogen) atoms. The number of likely N-dealkylation sites (tertiary alicyclic amines) is 1. The van der Waals surface area contributed by atoms with Gasteiger partial charge in [-0.3, -0.25) is 20.3 Å². The lowest BCUT2D eigenvalue weighted by molar-refractivity contribution is -0.155. The van der Waals surface area contributed by atoms with E-state index in [0.717, 1.165) is 49.2 Å². The lowest BCUT2D eigenvalue weighted by atomic mass is 9.57. The van der Waals surface area contributed by atoms with Gasteiger partial charge in [-0.05, 0) is 88.6 Å². The summed E-state index contributed by atoms with van der Waals surface area (Å²) in [6.45, 7) is 7.46. The van der Waals surface area contributed by atoms with Gasteiger partial charge in [0.05, 0.1) is 31.3 Å². The van der Waals surface area contributed by atoms with E-state index in [9.17, 15) is 10.1 Å². The highest BCUT2D eigenvalue weighted by atomic mass is 32.2. The third-order valence-electron chi connectivity index (χ3n) is 13.1. The Kier molecular flexibility index (Phi) is 11.1. The van der Waals surface area contributed by atoms with Crippen LogP contribution >= 0.6 is 11.8 Å². The predicted molar refractivity (Wildman–Crippen MR) is 192 cm³/mol. The molecule has 2 saturated carbocycles. The molecule has 2 N–H and O–H groups in total. The molecule has 1 amide bonds. The van der Waals surface area contributed by atoms with Crippen molar-refractivity contribution >= 4 is 17.7 Å². The number of carbonyl (C=O) groups excluding carboxylic acids is 1. The van der Waals surface area contributed by atoms with E-state index in [2.05, 4.69) is 52.3 Å². The van der Waals surface area contributed by atoms with Crippen LogP contribution in [0.1, 0.15) is 102 Å². The lowest BCUT2D eigenvalue weighted by Gasteiger charge is -2.64. The molecule has 7 rings (SSSR count). The Morgan fingerprint density at radius 2 is 1.90 bits per heavy atom. The Hall–Kier alpha value is -2.00. The van der Waals surface area contributed by atoms with Crippen molar-refractivity contribution in [2.45, 2.75) is 136 Å². The van der Waals surface area contributed by atoms with Gasteiger partial charge in [-0.2, -0.15) is 5.26 Å². The van der Waals surface area contributed by atoms with Gasteiger partial charge in [-0.25, -0.2) is 4.39 Å². The van der Waals surface area contributed by atoms with Crippen LogP contribution in [0.5, 0.6) is 0 Å². The number of likely N-dealkylation sites (N-methyl/N-ethyl adjacent to an activating group) is 1. The van der Waals surface area contributed by atoms with Gasteiger partial charge >= 0.3 is 0 Å². The molecule has 268 valence electrons. The third kappa shape index (κ3) is 7.23. The number of rotatable bonds is 7. The van der Waals surface area contributed by atoms with Crippen LogP contribution in [0.2, 0.25) is 0 Å². The number of nitrogens with one attached hydrogen (secondary N) is 2. The Morgan fingerprint density at radius 1 is 1.10 bits per heavy atom. The van der Waals surface area contributed by atoms with Crippen LogP contribution in [-0.2, 0) is 9.53 Å². The molecule has 8 nitrogen and oxygen atoms in total. The highest BCUT2D eigenvalue weighted by Crippen LogP contribution is 2.61. The Bertz CT molecular complexity index is 1370. The van der Waals surface area contributed by atoms with Crippen molar-refractivity contribution in [1.82, 2.24) is 25.3 Å². The van der Waals surface area contributed by atoms with Crippen LogP contribution in [0, 0.1) is 23.2 Å². The number of benzene rings is 1. The fourth-order valence-corrected chi connectivity index (χ4v) is 12.3. The fourth-order valence-electron chi connectivity index (χ4n) is 10.6. The minimum atomic E-state index is -0.951. The summed E-state index contributed by atoms with van der Waals surface area (Å²) in [4.78, 5) is 20.7. The van der Waals surface area contributed by atoms with Crippen LogP contribution in [0.4, 0.5) is 4.39 Å². The second-order valence-electron chi connectivity index (χ2n) is 15.9. The minimum absolute atomic E-state index is 0.0274. The van der Waals surface area contributed by atoms with Crippen LogP contribution < -0.4 is 10.6 Å². The Morgan fingerprint density at radius 3 is 2.65 bits per heavy atom. The van der Waals surface area contributed by atoms with Crippen molar-refractivity contribution in [3.05, 3.63) is 42.5 Å². The molecular weight excluding hydrogens is 636 g/mol. The van der Waals surface area contributed by atoms with E-state index in [0.29, 0.717) is 44.5 Å². The maximum Gasteiger partial charge on any atom is 0.246 e. The predicted octanol–water partition coefficient (Wildman–Crippen LogP) is 6.36. The molecule has 2 aliphatic carbocycles. The van der Waals surface area contributed by atoms with Gasteiger partial charge in [-0.1, -0.05) is 56.9 Å². The van der Waals surface area contributed by atoms with E-state index < -0.39 is 6.17 Å². The molecule has 0 radical (unpaired) electrons. The Labute approximate surface area is 297 Å². The van der Waals surface area contributed by atoms with Crippen LogP contribution in [0.25, 0.3) is 0 Å². The molecule has 10 heteroatoms. The summed E-state index contributed by atoms with van der Waals surface area (Å²) in [5.74, 6) is 0.657. The number of piperazine rings is 1. The Balaban J connectivity index is 1.25. The SMILES string of the molecule is C=CC(=O)N1CCN(C2NC(OCC3CCCN3C)NC3(C4CCCCCCC4)C[C@]4(CCC23)CC(F)c2ccccc2S4)CC1CC#N. The van der Waals surface area contributed by atoms with Crippen molar-refractivity contribution in [1.29, 1.82) is 5.26 Å². The van der Waals surface area contributed by atoms with E-state index >= 15 is 4.39 Å². The second kappa shape index (κ2) is 15.3. The number of alkyl halides is 1. The van der Waals surface area contributed by atoms with Crippen molar-refractivity contribution in [2.75, 3.05) is 39.8 Å². The van der Waals surface area contributed by atoms with Crippen molar-refractivity contribution in [3.8, 4) is 6.07 Å². The number of hydrogen-bond acceptors (Lipinski definition) is 8. The van der Waals surface area contributed by atoms with Gasteiger partial charge in [-0.15, -0.1) is 11.8 Å². The number of nitrogens with zero attached hydrogens (tertiary/aromatic N) is 4. The average Bonchev–Trinajstić information content (AvgIpc) is 3.50. The molecule has 5 fully saturated rings. The van der Waals surface area contributed by atoms with Gasteiger partial charge in [0.1, 0.15) is 6.17 Å². The van der Waals surface area contributed by atoms with Crippen molar-refractivity contribution < 1.29 is 13.9 Å². The zero-order chi connectivity index (χ0) is 34.0. The first-order valence-corrected chi connectivity index (χ1v) is 20.0. The van der Waals surface area contributed by atoms with Crippen molar-refractivity contribution in [3.63, 3.8) is 0 Å². The van der Waals surface area contributed by atoms with Gasteiger partial charge in [0.25, 0.3) is 0 Å². The zero-order valence-corrected chi connectivity index (χ0v) is 30.3. The average molecular weight is 693 g/mol.